The topological polar surface area (TPSA) is 142 Å². The second-order valence-electron chi connectivity index (χ2n) is 3.70. The zero-order valence-corrected chi connectivity index (χ0v) is 11.1. The highest BCUT2D eigenvalue weighted by Gasteiger charge is 2.07. The number of guanidine groups is 2. The van der Waals surface area contributed by atoms with Crippen LogP contribution in [0.4, 0.5) is 5.69 Å². The molecule has 0 saturated heterocycles. The normalized spacial score (nSPS) is 11.3. The van der Waals surface area contributed by atoms with Crippen molar-refractivity contribution in [1.82, 2.24) is 10.1 Å². The summed E-state index contributed by atoms with van der Waals surface area (Å²) in [7, 11) is 0. The third-order valence-electron chi connectivity index (χ3n) is 2.20. The molecule has 6 N–H and O–H groups in total. The van der Waals surface area contributed by atoms with Gasteiger partial charge in [-0.15, -0.1) is 11.6 Å². The van der Waals surface area contributed by atoms with Crippen molar-refractivity contribution in [3.8, 4) is 11.4 Å². The summed E-state index contributed by atoms with van der Waals surface area (Å²) in [6.07, 6.45) is 0. The Morgan fingerprint density at radius 3 is 2.45 bits per heavy atom. The molecule has 2 rings (SSSR count). The van der Waals surface area contributed by atoms with Gasteiger partial charge in [-0.2, -0.15) is 9.98 Å². The average molecular weight is 294 g/mol. The van der Waals surface area contributed by atoms with Gasteiger partial charge in [0.25, 0.3) is 0 Å². The number of aromatic nitrogens is 2. The first-order valence-corrected chi connectivity index (χ1v) is 6.04. The first kappa shape index (κ1) is 13.8. The molecule has 0 bridgehead atoms. The molecular weight excluding hydrogens is 282 g/mol. The summed E-state index contributed by atoms with van der Waals surface area (Å²) in [5.74, 6) is 0.809. The van der Waals surface area contributed by atoms with E-state index in [0.717, 1.165) is 5.56 Å². The first-order chi connectivity index (χ1) is 9.58. The molecule has 0 aliphatic carbocycles. The Morgan fingerprint density at radius 2 is 1.90 bits per heavy atom. The van der Waals surface area contributed by atoms with E-state index in [-0.39, 0.29) is 17.8 Å². The van der Waals surface area contributed by atoms with Crippen molar-refractivity contribution in [2.24, 2.45) is 27.2 Å². The molecular formula is C11H12ClN7O. The highest BCUT2D eigenvalue weighted by Crippen LogP contribution is 2.20. The Kier molecular flexibility index (Phi) is 4.16. The number of nitrogens with two attached hydrogens (primary N) is 3. The molecule has 1 heterocycles. The van der Waals surface area contributed by atoms with Gasteiger partial charge >= 0.3 is 0 Å². The van der Waals surface area contributed by atoms with E-state index in [1.165, 1.54) is 0 Å². The molecule has 8 nitrogen and oxygen atoms in total. The van der Waals surface area contributed by atoms with Gasteiger partial charge in [0, 0.05) is 5.56 Å². The third kappa shape index (κ3) is 3.45. The lowest BCUT2D eigenvalue weighted by Gasteiger charge is -1.97. The standard InChI is InChI=1S/C11H12ClN7O/c12-5-8-17-9(19-20-8)6-1-3-7(4-2-6)16-11(15)18-10(13)14/h1-4H,5H2,(H6,13,14,15,16,18). The van der Waals surface area contributed by atoms with Crippen LogP contribution < -0.4 is 17.2 Å². The highest BCUT2D eigenvalue weighted by molar-refractivity contribution is 6.16. The third-order valence-corrected chi connectivity index (χ3v) is 2.42. The predicted octanol–water partition coefficient (Wildman–Crippen LogP) is 0.695. The summed E-state index contributed by atoms with van der Waals surface area (Å²) in [6.45, 7) is 0. The van der Waals surface area contributed by atoms with Gasteiger partial charge in [0.05, 0.1) is 5.69 Å². The zero-order valence-electron chi connectivity index (χ0n) is 10.3. The van der Waals surface area contributed by atoms with E-state index in [1.54, 1.807) is 24.3 Å². The minimum absolute atomic E-state index is 0.0262. The van der Waals surface area contributed by atoms with E-state index < -0.39 is 0 Å². The van der Waals surface area contributed by atoms with Crippen molar-refractivity contribution in [2.45, 2.75) is 5.88 Å². The number of hydrogen-bond acceptors (Lipinski definition) is 4. The van der Waals surface area contributed by atoms with E-state index in [4.69, 9.17) is 33.3 Å². The largest absolute Gasteiger partial charge is 0.370 e. The van der Waals surface area contributed by atoms with Gasteiger partial charge in [-0.1, -0.05) is 5.16 Å². The summed E-state index contributed by atoms with van der Waals surface area (Å²) in [6, 6.07) is 6.98. The van der Waals surface area contributed by atoms with Gasteiger partial charge in [-0.3, -0.25) is 0 Å². The molecule has 0 spiro atoms. The van der Waals surface area contributed by atoms with Crippen molar-refractivity contribution in [2.75, 3.05) is 0 Å². The fourth-order valence-corrected chi connectivity index (χ4v) is 1.51. The number of aliphatic imine (C=N–C) groups is 2. The molecule has 9 heteroatoms. The van der Waals surface area contributed by atoms with Gasteiger partial charge in [0.15, 0.2) is 5.96 Å². The Balaban J connectivity index is 2.20. The highest BCUT2D eigenvalue weighted by atomic mass is 35.5. The molecule has 1 aromatic heterocycles. The van der Waals surface area contributed by atoms with Crippen molar-refractivity contribution in [3.05, 3.63) is 30.2 Å². The van der Waals surface area contributed by atoms with Crippen LogP contribution in [0.15, 0.2) is 38.8 Å². The summed E-state index contributed by atoms with van der Waals surface area (Å²) in [5, 5.41) is 3.80. The Labute approximate surface area is 119 Å². The maximum absolute atomic E-state index is 5.59. The summed E-state index contributed by atoms with van der Waals surface area (Å²) in [4.78, 5) is 11.7. The van der Waals surface area contributed by atoms with Crippen LogP contribution in [0, 0.1) is 0 Å². The fraction of sp³-hybridized carbons (Fsp3) is 0.0909. The fourth-order valence-electron chi connectivity index (χ4n) is 1.40. The molecule has 0 saturated carbocycles. The lowest BCUT2D eigenvalue weighted by molar-refractivity contribution is 0.391. The minimum atomic E-state index is -0.150. The van der Waals surface area contributed by atoms with E-state index in [2.05, 4.69) is 20.1 Å². The molecule has 1 aromatic carbocycles. The van der Waals surface area contributed by atoms with Gasteiger partial charge in [-0.05, 0) is 24.3 Å². The van der Waals surface area contributed by atoms with Crippen LogP contribution in [0.2, 0.25) is 0 Å². The Bertz CT molecular complexity index is 643. The van der Waals surface area contributed by atoms with Crippen LogP contribution in [0.5, 0.6) is 0 Å². The number of alkyl halides is 1. The smallest absolute Gasteiger partial charge is 0.241 e. The van der Waals surface area contributed by atoms with E-state index >= 15 is 0 Å². The maximum Gasteiger partial charge on any atom is 0.241 e. The van der Waals surface area contributed by atoms with Crippen LogP contribution in [0.25, 0.3) is 11.4 Å². The summed E-state index contributed by atoms with van der Waals surface area (Å²) in [5.41, 5.74) is 17.3. The SMILES string of the molecule is NC(N)=NC(N)=Nc1ccc(-c2noc(CCl)n2)cc1. The molecule has 0 amide bonds. The first-order valence-electron chi connectivity index (χ1n) is 5.51. The van der Waals surface area contributed by atoms with Crippen molar-refractivity contribution in [3.63, 3.8) is 0 Å². The molecule has 20 heavy (non-hydrogen) atoms. The lowest BCUT2D eigenvalue weighted by atomic mass is 10.2. The summed E-state index contributed by atoms with van der Waals surface area (Å²) < 4.78 is 4.92. The zero-order chi connectivity index (χ0) is 14.5. The molecule has 0 atom stereocenters. The Morgan fingerprint density at radius 1 is 1.20 bits per heavy atom. The van der Waals surface area contributed by atoms with Crippen LogP contribution >= 0.6 is 11.6 Å². The van der Waals surface area contributed by atoms with Gasteiger partial charge in [-0.25, -0.2) is 4.99 Å². The predicted molar refractivity (Wildman–Crippen MR) is 76.4 cm³/mol. The molecule has 0 radical (unpaired) electrons. The van der Waals surface area contributed by atoms with E-state index in [0.29, 0.717) is 17.4 Å². The second-order valence-corrected chi connectivity index (χ2v) is 3.97. The van der Waals surface area contributed by atoms with Gasteiger partial charge in [0.2, 0.25) is 17.7 Å². The number of halogens is 1. The Hall–Kier alpha value is -2.61. The molecule has 0 fully saturated rings. The van der Waals surface area contributed by atoms with Gasteiger partial charge in [0.1, 0.15) is 5.88 Å². The van der Waals surface area contributed by atoms with Crippen LogP contribution in [0.3, 0.4) is 0 Å². The second kappa shape index (κ2) is 6.02. The number of rotatable bonds is 3. The van der Waals surface area contributed by atoms with Crippen LogP contribution in [-0.2, 0) is 5.88 Å². The monoisotopic (exact) mass is 293 g/mol. The average Bonchev–Trinajstić information content (AvgIpc) is 2.87. The molecule has 0 unspecified atom stereocenters. The number of nitrogens with zero attached hydrogens (tertiary/aromatic N) is 4. The minimum Gasteiger partial charge on any atom is -0.370 e. The lowest BCUT2D eigenvalue weighted by Crippen LogP contribution is -2.26. The molecule has 2 aromatic rings. The number of benzene rings is 1. The van der Waals surface area contributed by atoms with E-state index in [9.17, 15) is 0 Å². The number of hydrogen-bond donors (Lipinski definition) is 3. The molecule has 0 aliphatic rings. The van der Waals surface area contributed by atoms with Crippen molar-refractivity contribution < 1.29 is 4.52 Å². The maximum atomic E-state index is 5.59. The summed E-state index contributed by atoms with van der Waals surface area (Å²) >= 11 is 5.59. The molecule has 104 valence electrons. The quantitative estimate of drug-likeness (QED) is 0.432. The van der Waals surface area contributed by atoms with Gasteiger partial charge < -0.3 is 21.7 Å². The van der Waals surface area contributed by atoms with Crippen molar-refractivity contribution in [1.29, 1.82) is 0 Å². The van der Waals surface area contributed by atoms with Crippen molar-refractivity contribution >= 4 is 29.2 Å². The van der Waals surface area contributed by atoms with Crippen LogP contribution in [0.1, 0.15) is 5.89 Å². The molecule has 0 aliphatic heterocycles. The van der Waals surface area contributed by atoms with E-state index in [1.807, 2.05) is 0 Å². The van der Waals surface area contributed by atoms with Crippen LogP contribution in [-0.4, -0.2) is 22.1 Å².